The lowest BCUT2D eigenvalue weighted by Crippen LogP contribution is -2.14. The zero-order valence-electron chi connectivity index (χ0n) is 7.30. The highest BCUT2D eigenvalue weighted by Crippen LogP contribution is 2.05. The Morgan fingerprint density at radius 2 is 2.27 bits per heavy atom. The summed E-state index contributed by atoms with van der Waals surface area (Å²) < 4.78 is 0. The van der Waals surface area contributed by atoms with Gasteiger partial charge < -0.3 is 5.73 Å². The van der Waals surface area contributed by atoms with Gasteiger partial charge in [-0.2, -0.15) is 11.8 Å². The van der Waals surface area contributed by atoms with Gasteiger partial charge in [-0.25, -0.2) is 0 Å². The Balaban J connectivity index is 2.97. The van der Waals surface area contributed by atoms with Gasteiger partial charge in [0.05, 0.1) is 5.75 Å². The Bertz CT molecular complexity index is 115. The van der Waals surface area contributed by atoms with Gasteiger partial charge in [-0.3, -0.25) is 4.79 Å². The van der Waals surface area contributed by atoms with Crippen LogP contribution in [0.1, 0.15) is 26.7 Å². The largest absolute Gasteiger partial charge is 0.328 e. The van der Waals surface area contributed by atoms with Gasteiger partial charge in [0.2, 0.25) is 0 Å². The van der Waals surface area contributed by atoms with Crippen molar-refractivity contribution in [3.8, 4) is 0 Å². The fraction of sp³-hybridized carbons (Fsp3) is 0.875. The third-order valence-corrected chi connectivity index (χ3v) is 2.44. The van der Waals surface area contributed by atoms with Crippen LogP contribution in [0.15, 0.2) is 0 Å². The monoisotopic (exact) mass is 175 g/mol. The third kappa shape index (κ3) is 9.98. The van der Waals surface area contributed by atoms with Gasteiger partial charge in [-0.15, -0.1) is 0 Å². The van der Waals surface area contributed by atoms with Crippen LogP contribution in [-0.2, 0) is 4.79 Å². The lowest BCUT2D eigenvalue weighted by atomic mass is 10.2. The van der Waals surface area contributed by atoms with Gasteiger partial charge in [-0.05, 0) is 32.4 Å². The predicted molar refractivity (Wildman–Crippen MR) is 50.9 cm³/mol. The Labute approximate surface area is 72.9 Å². The summed E-state index contributed by atoms with van der Waals surface area (Å²) in [5.74, 6) is 1.97. The number of hydrogen-bond acceptors (Lipinski definition) is 3. The fourth-order valence-corrected chi connectivity index (χ4v) is 1.53. The number of nitrogens with two attached hydrogens (primary N) is 1. The number of Topliss-reactive ketones (excluding diaryl/α,β-unsaturated/α-hetero) is 1. The second-order valence-electron chi connectivity index (χ2n) is 2.87. The molecule has 0 aliphatic rings. The van der Waals surface area contributed by atoms with Crippen molar-refractivity contribution in [2.24, 2.45) is 5.73 Å². The highest BCUT2D eigenvalue weighted by atomic mass is 32.2. The molecule has 0 aromatic rings. The summed E-state index contributed by atoms with van der Waals surface area (Å²) in [7, 11) is 0. The second-order valence-corrected chi connectivity index (χ2v) is 3.98. The van der Waals surface area contributed by atoms with Gasteiger partial charge in [0.25, 0.3) is 0 Å². The zero-order chi connectivity index (χ0) is 8.69. The maximum atomic E-state index is 10.5. The van der Waals surface area contributed by atoms with Crippen molar-refractivity contribution in [1.82, 2.24) is 0 Å². The lowest BCUT2D eigenvalue weighted by Gasteiger charge is -2.02. The van der Waals surface area contributed by atoms with E-state index in [9.17, 15) is 4.79 Å². The molecule has 0 aliphatic heterocycles. The highest BCUT2D eigenvalue weighted by molar-refractivity contribution is 7.99. The van der Waals surface area contributed by atoms with Crippen molar-refractivity contribution in [3.05, 3.63) is 0 Å². The van der Waals surface area contributed by atoms with E-state index in [2.05, 4.69) is 0 Å². The Morgan fingerprint density at radius 3 is 2.73 bits per heavy atom. The maximum Gasteiger partial charge on any atom is 0.139 e. The van der Waals surface area contributed by atoms with Crippen molar-refractivity contribution in [2.45, 2.75) is 32.7 Å². The predicted octanol–water partition coefficient (Wildman–Crippen LogP) is 1.44. The van der Waals surface area contributed by atoms with Crippen molar-refractivity contribution in [1.29, 1.82) is 0 Å². The molecule has 0 saturated heterocycles. The van der Waals surface area contributed by atoms with Crippen molar-refractivity contribution >= 4 is 17.5 Å². The molecular weight excluding hydrogens is 158 g/mol. The summed E-state index contributed by atoms with van der Waals surface area (Å²) in [6.07, 6.45) is 2.18. The second kappa shape index (κ2) is 6.68. The first-order valence-electron chi connectivity index (χ1n) is 3.95. The van der Waals surface area contributed by atoms with Crippen LogP contribution in [0.25, 0.3) is 0 Å². The van der Waals surface area contributed by atoms with Crippen LogP contribution in [-0.4, -0.2) is 23.3 Å². The topological polar surface area (TPSA) is 43.1 Å². The molecule has 0 rings (SSSR count). The van der Waals surface area contributed by atoms with Crippen LogP contribution in [0.3, 0.4) is 0 Å². The molecule has 0 fully saturated rings. The first kappa shape index (κ1) is 11.0. The summed E-state index contributed by atoms with van der Waals surface area (Å²) >= 11 is 1.70. The smallest absolute Gasteiger partial charge is 0.139 e. The van der Waals surface area contributed by atoms with E-state index in [1.807, 2.05) is 6.92 Å². The molecule has 0 amide bonds. The van der Waals surface area contributed by atoms with Crippen molar-refractivity contribution < 1.29 is 4.79 Å². The molecule has 0 aliphatic carbocycles. The van der Waals surface area contributed by atoms with E-state index < -0.39 is 0 Å². The quantitative estimate of drug-likeness (QED) is 0.621. The van der Waals surface area contributed by atoms with E-state index in [0.717, 1.165) is 18.6 Å². The molecule has 3 heteroatoms. The average molecular weight is 175 g/mol. The summed E-state index contributed by atoms with van der Waals surface area (Å²) in [6.45, 7) is 3.63. The fourth-order valence-electron chi connectivity index (χ4n) is 0.723. The van der Waals surface area contributed by atoms with Crippen LogP contribution >= 0.6 is 11.8 Å². The number of hydrogen-bond donors (Lipinski definition) is 1. The van der Waals surface area contributed by atoms with Crippen LogP contribution in [0, 0.1) is 0 Å². The van der Waals surface area contributed by atoms with Gasteiger partial charge in [0, 0.05) is 6.04 Å². The molecule has 0 spiro atoms. The number of rotatable bonds is 6. The molecule has 1 atom stereocenters. The molecular formula is C8H17NOS. The minimum Gasteiger partial charge on any atom is -0.328 e. The van der Waals surface area contributed by atoms with Crippen LogP contribution in [0.5, 0.6) is 0 Å². The van der Waals surface area contributed by atoms with E-state index in [1.165, 1.54) is 0 Å². The standard InChI is InChI=1S/C8H17NOS/c1-7(9)4-3-5-11-6-8(2)10/h7H,3-6,9H2,1-2H3. The molecule has 0 aromatic carbocycles. The number of carbonyl (C=O) groups is 1. The molecule has 11 heavy (non-hydrogen) atoms. The van der Waals surface area contributed by atoms with Crippen LogP contribution in [0.2, 0.25) is 0 Å². The minimum atomic E-state index is 0.260. The lowest BCUT2D eigenvalue weighted by molar-refractivity contribution is -0.114. The molecule has 2 nitrogen and oxygen atoms in total. The Kier molecular flexibility index (Phi) is 6.66. The molecule has 66 valence electrons. The normalized spacial score (nSPS) is 13.0. The molecule has 1 unspecified atom stereocenters. The van der Waals surface area contributed by atoms with Crippen LogP contribution in [0.4, 0.5) is 0 Å². The highest BCUT2D eigenvalue weighted by Gasteiger charge is 1.95. The zero-order valence-corrected chi connectivity index (χ0v) is 8.12. The summed E-state index contributed by atoms with van der Waals surface area (Å²) in [5, 5.41) is 0. The van der Waals surface area contributed by atoms with E-state index >= 15 is 0 Å². The number of thioether (sulfide) groups is 1. The average Bonchev–Trinajstić information content (AvgIpc) is 1.85. The van der Waals surface area contributed by atoms with Gasteiger partial charge in [-0.1, -0.05) is 0 Å². The summed E-state index contributed by atoms with van der Waals surface area (Å²) in [6, 6.07) is 0.299. The SMILES string of the molecule is CC(=O)CSCCCC(C)N. The van der Waals surface area contributed by atoms with E-state index in [1.54, 1.807) is 18.7 Å². The van der Waals surface area contributed by atoms with Gasteiger partial charge in [0.1, 0.15) is 5.78 Å². The Hall–Kier alpha value is -0.0200. The first-order chi connectivity index (χ1) is 5.13. The van der Waals surface area contributed by atoms with Crippen molar-refractivity contribution in [2.75, 3.05) is 11.5 Å². The number of ketones is 1. The van der Waals surface area contributed by atoms with E-state index in [-0.39, 0.29) is 5.78 Å². The molecule has 0 heterocycles. The number of carbonyl (C=O) groups excluding carboxylic acids is 1. The molecule has 0 saturated carbocycles. The van der Waals surface area contributed by atoms with Gasteiger partial charge in [0.15, 0.2) is 0 Å². The molecule has 2 N–H and O–H groups in total. The third-order valence-electron chi connectivity index (χ3n) is 1.25. The maximum absolute atomic E-state index is 10.5. The summed E-state index contributed by atoms with van der Waals surface area (Å²) in [5.41, 5.74) is 5.56. The molecule has 0 bridgehead atoms. The van der Waals surface area contributed by atoms with Gasteiger partial charge >= 0.3 is 0 Å². The Morgan fingerprint density at radius 1 is 1.64 bits per heavy atom. The first-order valence-corrected chi connectivity index (χ1v) is 5.11. The van der Waals surface area contributed by atoms with Crippen LogP contribution < -0.4 is 5.73 Å². The van der Waals surface area contributed by atoms with E-state index in [4.69, 9.17) is 5.73 Å². The molecule has 0 radical (unpaired) electrons. The van der Waals surface area contributed by atoms with E-state index in [0.29, 0.717) is 11.8 Å². The van der Waals surface area contributed by atoms with Crippen molar-refractivity contribution in [3.63, 3.8) is 0 Å². The molecule has 0 aromatic heterocycles. The minimum absolute atomic E-state index is 0.260. The summed E-state index contributed by atoms with van der Waals surface area (Å²) in [4.78, 5) is 10.5.